The first-order chi connectivity index (χ1) is 14.8. The van der Waals surface area contributed by atoms with Crippen LogP contribution < -0.4 is 0 Å². The van der Waals surface area contributed by atoms with Gasteiger partial charge in [-0.05, 0) is 44.7 Å². The lowest BCUT2D eigenvalue weighted by molar-refractivity contribution is -0.137. The van der Waals surface area contributed by atoms with Crippen LogP contribution in [0.15, 0.2) is 35.1 Å². The van der Waals surface area contributed by atoms with Crippen molar-refractivity contribution < 1.29 is 31.9 Å². The molecule has 0 N–H and O–H groups in total. The van der Waals surface area contributed by atoms with Gasteiger partial charge in [-0.3, -0.25) is 4.79 Å². The third-order valence-electron chi connectivity index (χ3n) is 6.03. The number of aromatic nitrogens is 1. The van der Waals surface area contributed by atoms with Gasteiger partial charge >= 0.3 is 6.18 Å². The number of hydrogen-bond acceptors (Lipinski definition) is 5. The Morgan fingerprint density at radius 1 is 1.29 bits per heavy atom. The van der Waals surface area contributed by atoms with Crippen molar-refractivity contribution in [3.05, 3.63) is 41.9 Å². The lowest BCUT2D eigenvalue weighted by atomic mass is 9.88. The molecule has 3 heterocycles. The van der Waals surface area contributed by atoms with Gasteiger partial charge in [0.2, 0.25) is 0 Å². The predicted molar refractivity (Wildman–Crippen MR) is 105 cm³/mol. The number of halogens is 3. The summed E-state index contributed by atoms with van der Waals surface area (Å²) >= 11 is 0. The van der Waals surface area contributed by atoms with E-state index in [0.717, 1.165) is 31.4 Å². The van der Waals surface area contributed by atoms with Crippen LogP contribution in [-0.2, 0) is 15.7 Å². The number of likely N-dealkylation sites (tertiary alicyclic amines) is 1. The smallest absolute Gasteiger partial charge is 0.416 e. The lowest BCUT2D eigenvalue weighted by Crippen LogP contribution is -2.47. The molecule has 1 atom stereocenters. The first kappa shape index (κ1) is 21.8. The Morgan fingerprint density at radius 2 is 2.06 bits per heavy atom. The molecule has 1 aromatic carbocycles. The van der Waals surface area contributed by atoms with E-state index in [1.54, 1.807) is 4.90 Å². The number of nitrogens with zero attached hydrogens (tertiary/aromatic N) is 2. The number of amides is 1. The number of alkyl halides is 3. The van der Waals surface area contributed by atoms with Crippen LogP contribution in [0.3, 0.4) is 0 Å². The highest BCUT2D eigenvalue weighted by Gasteiger charge is 2.43. The summed E-state index contributed by atoms with van der Waals surface area (Å²) in [6.45, 7) is 4.18. The number of ether oxygens (including phenoxy) is 2. The molecule has 31 heavy (non-hydrogen) atoms. The summed E-state index contributed by atoms with van der Waals surface area (Å²) in [5.41, 5.74) is -0.842. The molecule has 6 nitrogen and oxygen atoms in total. The molecule has 2 aliphatic rings. The molecule has 0 saturated carbocycles. The van der Waals surface area contributed by atoms with Gasteiger partial charge in [0.05, 0.1) is 23.9 Å². The predicted octanol–water partition coefficient (Wildman–Crippen LogP) is 4.55. The number of oxazole rings is 1. The highest BCUT2D eigenvalue weighted by Crippen LogP contribution is 2.39. The summed E-state index contributed by atoms with van der Waals surface area (Å²) in [6, 6.07) is 4.71. The summed E-state index contributed by atoms with van der Waals surface area (Å²) in [5.74, 6) is -0.301. The Bertz CT molecular complexity index is 919. The Balaban J connectivity index is 1.44. The van der Waals surface area contributed by atoms with Gasteiger partial charge in [0.1, 0.15) is 0 Å². The van der Waals surface area contributed by atoms with Crippen LogP contribution in [0.2, 0.25) is 0 Å². The number of hydrogen-bond donors (Lipinski definition) is 0. The molecule has 2 fully saturated rings. The van der Waals surface area contributed by atoms with Gasteiger partial charge in [-0.1, -0.05) is 12.1 Å². The highest BCUT2D eigenvalue weighted by molar-refractivity contribution is 5.97. The maximum atomic E-state index is 13.1. The second-order valence-corrected chi connectivity index (χ2v) is 8.02. The Kier molecular flexibility index (Phi) is 6.07. The number of carbonyl (C=O) groups is 1. The van der Waals surface area contributed by atoms with Crippen LogP contribution in [0.1, 0.15) is 48.7 Å². The SMILES string of the molecule is CCOCC1CCC2(CCN(C(=O)c3ncoc3-c3cccc(C(F)(F)F)c3)CC2)O1. The minimum atomic E-state index is -4.48. The third-order valence-corrected chi connectivity index (χ3v) is 6.03. The van der Waals surface area contributed by atoms with Gasteiger partial charge < -0.3 is 18.8 Å². The molecule has 0 bridgehead atoms. The van der Waals surface area contributed by atoms with Crippen molar-refractivity contribution in [3.8, 4) is 11.3 Å². The molecular weight excluding hydrogens is 413 g/mol. The second-order valence-electron chi connectivity index (χ2n) is 8.02. The van der Waals surface area contributed by atoms with Crippen LogP contribution in [0.4, 0.5) is 13.2 Å². The molecule has 2 aliphatic heterocycles. The molecule has 1 amide bonds. The van der Waals surface area contributed by atoms with Crippen molar-refractivity contribution in [2.45, 2.75) is 50.5 Å². The number of rotatable bonds is 5. The summed E-state index contributed by atoms with van der Waals surface area (Å²) in [6.07, 6.45) is -0.0142. The Labute approximate surface area is 178 Å². The highest BCUT2D eigenvalue weighted by atomic mass is 19.4. The topological polar surface area (TPSA) is 64.8 Å². The fraction of sp³-hybridized carbons (Fsp3) is 0.545. The van der Waals surface area contributed by atoms with Crippen molar-refractivity contribution in [1.29, 1.82) is 0 Å². The average molecular weight is 438 g/mol. The zero-order chi connectivity index (χ0) is 22.1. The standard InChI is InChI=1S/C22H25F3N2O4/c1-2-29-13-17-6-7-21(31-17)8-10-27(11-9-21)20(28)18-19(30-14-26-18)15-4-3-5-16(12-15)22(23,24)25/h3-5,12,14,17H,2,6-11,13H2,1H3. The largest absolute Gasteiger partial charge is 0.443 e. The van der Waals surface area contributed by atoms with Crippen LogP contribution in [0.5, 0.6) is 0 Å². The monoisotopic (exact) mass is 438 g/mol. The molecule has 168 valence electrons. The molecule has 9 heteroatoms. The van der Waals surface area contributed by atoms with Crippen molar-refractivity contribution in [2.24, 2.45) is 0 Å². The van der Waals surface area contributed by atoms with E-state index >= 15 is 0 Å². The van der Waals surface area contributed by atoms with E-state index in [0.29, 0.717) is 39.1 Å². The van der Waals surface area contributed by atoms with Crippen molar-refractivity contribution in [1.82, 2.24) is 9.88 Å². The normalized spacial score (nSPS) is 21.0. The molecule has 1 aromatic heterocycles. The van der Waals surface area contributed by atoms with E-state index in [9.17, 15) is 18.0 Å². The molecule has 2 saturated heterocycles. The van der Waals surface area contributed by atoms with Gasteiger partial charge in [-0.15, -0.1) is 0 Å². The first-order valence-corrected chi connectivity index (χ1v) is 10.5. The molecule has 1 spiro atoms. The maximum Gasteiger partial charge on any atom is 0.416 e. The molecule has 4 rings (SSSR count). The first-order valence-electron chi connectivity index (χ1n) is 10.5. The van der Waals surface area contributed by atoms with E-state index < -0.39 is 11.7 Å². The van der Waals surface area contributed by atoms with Crippen molar-refractivity contribution in [3.63, 3.8) is 0 Å². The lowest BCUT2D eigenvalue weighted by Gasteiger charge is -2.39. The third kappa shape index (κ3) is 4.62. The van der Waals surface area contributed by atoms with Crippen molar-refractivity contribution in [2.75, 3.05) is 26.3 Å². The maximum absolute atomic E-state index is 13.1. The van der Waals surface area contributed by atoms with Crippen LogP contribution in [0.25, 0.3) is 11.3 Å². The molecule has 2 aromatic rings. The number of carbonyl (C=O) groups excluding carboxylic acids is 1. The number of piperidine rings is 1. The van der Waals surface area contributed by atoms with E-state index in [2.05, 4.69) is 4.98 Å². The molecule has 0 aliphatic carbocycles. The van der Waals surface area contributed by atoms with Gasteiger partial charge in [-0.25, -0.2) is 4.98 Å². The molecular formula is C22H25F3N2O4. The second kappa shape index (κ2) is 8.63. The number of benzene rings is 1. The van der Waals surface area contributed by atoms with Crippen LogP contribution in [0, 0.1) is 0 Å². The zero-order valence-electron chi connectivity index (χ0n) is 17.3. The van der Waals surface area contributed by atoms with Gasteiger partial charge in [0, 0.05) is 25.3 Å². The summed E-state index contributed by atoms with van der Waals surface area (Å²) in [5, 5.41) is 0. The van der Waals surface area contributed by atoms with Gasteiger partial charge in [0.15, 0.2) is 17.8 Å². The van der Waals surface area contributed by atoms with Crippen LogP contribution >= 0.6 is 0 Å². The average Bonchev–Trinajstić information content (AvgIpc) is 3.40. The van der Waals surface area contributed by atoms with E-state index in [1.165, 1.54) is 12.1 Å². The van der Waals surface area contributed by atoms with Crippen LogP contribution in [-0.4, -0.2) is 53.8 Å². The van der Waals surface area contributed by atoms with Crippen molar-refractivity contribution >= 4 is 5.91 Å². The summed E-state index contributed by atoms with van der Waals surface area (Å²) in [4.78, 5) is 18.7. The fourth-order valence-corrected chi connectivity index (χ4v) is 4.34. The minimum absolute atomic E-state index is 0.0248. The Hall–Kier alpha value is -2.39. The van der Waals surface area contributed by atoms with Gasteiger partial charge in [-0.2, -0.15) is 13.2 Å². The fourth-order valence-electron chi connectivity index (χ4n) is 4.34. The van der Waals surface area contributed by atoms with E-state index in [1.807, 2.05) is 6.92 Å². The zero-order valence-corrected chi connectivity index (χ0v) is 17.3. The summed E-state index contributed by atoms with van der Waals surface area (Å²) in [7, 11) is 0. The molecule has 0 radical (unpaired) electrons. The minimum Gasteiger partial charge on any atom is -0.443 e. The van der Waals surface area contributed by atoms with E-state index in [4.69, 9.17) is 13.9 Å². The van der Waals surface area contributed by atoms with Gasteiger partial charge in [0.25, 0.3) is 5.91 Å². The summed E-state index contributed by atoms with van der Waals surface area (Å²) < 4.78 is 56.2. The van der Waals surface area contributed by atoms with E-state index in [-0.39, 0.29) is 34.6 Å². The Morgan fingerprint density at radius 3 is 2.77 bits per heavy atom. The quantitative estimate of drug-likeness (QED) is 0.685. The molecule has 1 unspecified atom stereocenters.